The Hall–Kier alpha value is -1.33. The van der Waals surface area contributed by atoms with Crippen LogP contribution in [0.2, 0.25) is 0 Å². The molecule has 1 aliphatic heterocycles. The highest BCUT2D eigenvalue weighted by molar-refractivity contribution is 5.89. The van der Waals surface area contributed by atoms with Gasteiger partial charge in [-0.3, -0.25) is 9.69 Å². The van der Waals surface area contributed by atoms with Crippen LogP contribution < -0.4 is 0 Å². The van der Waals surface area contributed by atoms with Gasteiger partial charge in [-0.2, -0.15) is 0 Å². The van der Waals surface area contributed by atoms with Crippen LogP contribution in [0, 0.1) is 18.3 Å². The van der Waals surface area contributed by atoms with Gasteiger partial charge in [0.2, 0.25) is 0 Å². The number of amides is 1. The lowest BCUT2D eigenvalue weighted by Crippen LogP contribution is -2.47. The van der Waals surface area contributed by atoms with Crippen LogP contribution in [0.1, 0.15) is 59.3 Å². The van der Waals surface area contributed by atoms with E-state index in [1.807, 2.05) is 0 Å². The monoisotopic (exact) mass is 342 g/mol. The van der Waals surface area contributed by atoms with Crippen LogP contribution in [-0.2, 0) is 9.53 Å². The molecular weight excluding hydrogens is 316 g/mol. The molecule has 3 rings (SSSR count). The van der Waals surface area contributed by atoms with Gasteiger partial charge < -0.3 is 4.74 Å². The van der Waals surface area contributed by atoms with Crippen molar-refractivity contribution in [2.75, 3.05) is 0 Å². The van der Waals surface area contributed by atoms with Crippen LogP contribution in [0.25, 0.3) is 0 Å². The second kappa shape index (κ2) is 5.88. The van der Waals surface area contributed by atoms with Crippen molar-refractivity contribution in [2.24, 2.45) is 11.8 Å². The molecule has 1 heterocycles. The highest BCUT2D eigenvalue weighted by Gasteiger charge is 2.57. The fourth-order valence-electron chi connectivity index (χ4n) is 3.94. The molecule has 0 bridgehead atoms. The molecule has 0 aromatic carbocycles. The van der Waals surface area contributed by atoms with Crippen LogP contribution in [0.5, 0.6) is 0 Å². The van der Waals surface area contributed by atoms with E-state index < -0.39 is 29.6 Å². The number of fused-ring (bicyclic) bond motifs is 1. The lowest BCUT2D eigenvalue weighted by atomic mass is 9.81. The minimum absolute atomic E-state index is 0.0500. The molecule has 1 saturated heterocycles. The van der Waals surface area contributed by atoms with E-state index in [1.165, 1.54) is 4.90 Å². The Bertz CT molecular complexity index is 529. The number of nitrogens with zero attached hydrogens (tertiary/aromatic N) is 1. The van der Waals surface area contributed by atoms with Crippen molar-refractivity contribution in [3.8, 4) is 0 Å². The lowest BCUT2D eigenvalue weighted by molar-refractivity contribution is -0.131. The minimum atomic E-state index is -2.81. The first-order valence-corrected chi connectivity index (χ1v) is 8.82. The zero-order valence-electron chi connectivity index (χ0n) is 14.6. The third-order valence-corrected chi connectivity index (χ3v) is 5.26. The Morgan fingerprint density at radius 3 is 2.62 bits per heavy atom. The largest absolute Gasteiger partial charge is 0.444 e. The number of hydrogen-bond donors (Lipinski definition) is 0. The highest BCUT2D eigenvalue weighted by Crippen LogP contribution is 2.49. The SMILES string of the molecule is CC(C)(C)OC(=O)N1[C@@H]2C[C@@H]2C[C@H]1C(=O)CC1CC[CH+]CC1(F)F. The predicted molar refractivity (Wildman–Crippen MR) is 84.6 cm³/mol. The number of likely N-dealkylation sites (tertiary alicyclic amines) is 1. The molecule has 24 heavy (non-hydrogen) atoms. The molecule has 4 nitrogen and oxygen atoms in total. The highest BCUT2D eigenvalue weighted by atomic mass is 19.3. The first-order chi connectivity index (χ1) is 11.1. The molecule has 1 amide bonds. The van der Waals surface area contributed by atoms with E-state index in [0.29, 0.717) is 25.2 Å². The number of halogens is 2. The normalized spacial score (nSPS) is 34.3. The number of Topliss-reactive ketones (excluding diaryl/α,β-unsaturated/α-hetero) is 1. The number of ketones is 1. The summed E-state index contributed by atoms with van der Waals surface area (Å²) in [5, 5.41) is 0. The van der Waals surface area contributed by atoms with Gasteiger partial charge in [0.25, 0.3) is 5.92 Å². The van der Waals surface area contributed by atoms with E-state index in [1.54, 1.807) is 27.2 Å². The van der Waals surface area contributed by atoms with Crippen molar-refractivity contribution in [2.45, 2.75) is 82.9 Å². The van der Waals surface area contributed by atoms with Crippen LogP contribution in [0.4, 0.5) is 13.6 Å². The van der Waals surface area contributed by atoms with Crippen LogP contribution in [-0.4, -0.2) is 40.4 Å². The fourth-order valence-corrected chi connectivity index (χ4v) is 3.94. The summed E-state index contributed by atoms with van der Waals surface area (Å²) in [6.07, 6.45) is 3.14. The van der Waals surface area contributed by atoms with Crippen LogP contribution >= 0.6 is 0 Å². The van der Waals surface area contributed by atoms with Gasteiger partial charge in [-0.05, 0) is 46.0 Å². The molecule has 3 fully saturated rings. The molecule has 6 heteroatoms. The standard InChI is InChI=1S/C18H26F2NO3/c1-17(2,3)24-16(23)21-13-8-11(13)9-14(21)15(22)10-12-6-4-5-7-18(12,19)20/h5,11-14H,4,6-10H2,1-3H3/q+1/t11-,12?,13-,14+/m1/s1. The van der Waals surface area contributed by atoms with Gasteiger partial charge in [0.15, 0.2) is 12.2 Å². The Morgan fingerprint density at radius 2 is 2.00 bits per heavy atom. The number of carbonyl (C=O) groups is 2. The number of carbonyl (C=O) groups excluding carboxylic acids is 2. The molecule has 1 unspecified atom stereocenters. The molecule has 4 atom stereocenters. The number of piperidine rings is 1. The number of rotatable bonds is 3. The summed E-state index contributed by atoms with van der Waals surface area (Å²) in [6.45, 7) is 5.34. The summed E-state index contributed by atoms with van der Waals surface area (Å²) in [6, 6.07) is -0.542. The Kier molecular flexibility index (Phi) is 4.29. The minimum Gasteiger partial charge on any atom is -0.444 e. The molecule has 2 aliphatic carbocycles. The average Bonchev–Trinajstić information content (AvgIpc) is 3.09. The van der Waals surface area contributed by atoms with Crippen molar-refractivity contribution in [1.29, 1.82) is 0 Å². The quantitative estimate of drug-likeness (QED) is 0.729. The van der Waals surface area contributed by atoms with Crippen LogP contribution in [0.15, 0.2) is 0 Å². The summed E-state index contributed by atoms with van der Waals surface area (Å²) in [5.41, 5.74) is -0.635. The maximum Gasteiger partial charge on any atom is 0.411 e. The lowest BCUT2D eigenvalue weighted by Gasteiger charge is -2.32. The van der Waals surface area contributed by atoms with Gasteiger partial charge in [0.1, 0.15) is 5.60 Å². The zero-order chi connectivity index (χ0) is 17.7. The Balaban J connectivity index is 1.66. The Labute approximate surface area is 141 Å². The van der Waals surface area contributed by atoms with E-state index >= 15 is 0 Å². The third-order valence-electron chi connectivity index (χ3n) is 5.26. The van der Waals surface area contributed by atoms with Gasteiger partial charge >= 0.3 is 6.09 Å². The van der Waals surface area contributed by atoms with E-state index in [2.05, 4.69) is 0 Å². The van der Waals surface area contributed by atoms with Crippen molar-refractivity contribution in [3.05, 3.63) is 6.42 Å². The van der Waals surface area contributed by atoms with E-state index in [4.69, 9.17) is 4.74 Å². The summed E-state index contributed by atoms with van der Waals surface area (Å²) in [5.74, 6) is -3.63. The summed E-state index contributed by atoms with van der Waals surface area (Å²) < 4.78 is 33.4. The number of hydrogen-bond acceptors (Lipinski definition) is 3. The molecular formula is C18H26F2NO3+. The summed E-state index contributed by atoms with van der Waals surface area (Å²) in [7, 11) is 0. The first kappa shape index (κ1) is 17.5. The molecule has 0 aromatic heterocycles. The third kappa shape index (κ3) is 3.52. The van der Waals surface area contributed by atoms with Crippen molar-refractivity contribution < 1.29 is 23.1 Å². The van der Waals surface area contributed by atoms with Gasteiger partial charge in [-0.1, -0.05) is 0 Å². The van der Waals surface area contributed by atoms with Gasteiger partial charge in [-0.25, -0.2) is 13.6 Å². The average molecular weight is 342 g/mol. The second-order valence-corrected chi connectivity index (χ2v) is 8.40. The molecule has 0 spiro atoms. The van der Waals surface area contributed by atoms with E-state index in [9.17, 15) is 18.4 Å². The van der Waals surface area contributed by atoms with E-state index in [0.717, 1.165) is 6.42 Å². The van der Waals surface area contributed by atoms with Gasteiger partial charge in [0.05, 0.1) is 18.9 Å². The second-order valence-electron chi connectivity index (χ2n) is 8.40. The summed E-state index contributed by atoms with van der Waals surface area (Å²) in [4.78, 5) is 26.6. The molecule has 3 aliphatic rings. The number of ether oxygens (including phenoxy) is 1. The molecule has 0 radical (unpaired) electrons. The first-order valence-electron chi connectivity index (χ1n) is 8.82. The van der Waals surface area contributed by atoms with Crippen molar-refractivity contribution in [3.63, 3.8) is 0 Å². The zero-order valence-corrected chi connectivity index (χ0v) is 14.6. The van der Waals surface area contributed by atoms with Gasteiger partial charge in [-0.15, -0.1) is 0 Å². The molecule has 0 aromatic rings. The maximum atomic E-state index is 14.0. The van der Waals surface area contributed by atoms with E-state index in [-0.39, 0.29) is 24.7 Å². The fraction of sp³-hybridized carbons (Fsp3) is 0.833. The summed E-state index contributed by atoms with van der Waals surface area (Å²) >= 11 is 0. The Morgan fingerprint density at radius 1 is 1.29 bits per heavy atom. The number of alkyl halides is 2. The molecule has 134 valence electrons. The maximum absolute atomic E-state index is 14.0. The van der Waals surface area contributed by atoms with Crippen LogP contribution in [0.3, 0.4) is 0 Å². The predicted octanol–water partition coefficient (Wildman–Crippen LogP) is 3.98. The smallest absolute Gasteiger partial charge is 0.411 e. The molecule has 0 N–H and O–H groups in total. The van der Waals surface area contributed by atoms with Crippen molar-refractivity contribution in [1.82, 2.24) is 4.90 Å². The van der Waals surface area contributed by atoms with Crippen molar-refractivity contribution >= 4 is 11.9 Å². The topological polar surface area (TPSA) is 46.6 Å². The van der Waals surface area contributed by atoms with Gasteiger partial charge in [0, 0.05) is 18.4 Å². The molecule has 2 saturated carbocycles.